The highest BCUT2D eigenvalue weighted by Crippen LogP contribution is 2.25. The number of rotatable bonds is 7. The Morgan fingerprint density at radius 3 is 2.56 bits per heavy atom. The Bertz CT molecular complexity index is 898. The number of ether oxygens (including phenoxy) is 2. The summed E-state index contributed by atoms with van der Waals surface area (Å²) in [6.07, 6.45) is 4.21. The summed E-state index contributed by atoms with van der Waals surface area (Å²) in [5.41, 5.74) is 1.18. The van der Waals surface area contributed by atoms with E-state index in [1.54, 1.807) is 6.08 Å². The second kappa shape index (κ2) is 7.98. The summed E-state index contributed by atoms with van der Waals surface area (Å²) in [6, 6.07) is 11.7. The lowest BCUT2D eigenvalue weighted by molar-refractivity contribution is 0.104. The molecule has 25 heavy (non-hydrogen) atoms. The number of ketones is 1. The molecule has 0 aromatic heterocycles. The fraction of sp³-hybridized carbons (Fsp3) is 0.211. The molecule has 2 aromatic rings. The van der Waals surface area contributed by atoms with Gasteiger partial charge in [-0.05, 0) is 48.9 Å². The molecule has 2 rings (SSSR count). The normalized spacial score (nSPS) is 11.5. The van der Waals surface area contributed by atoms with Crippen LogP contribution >= 0.6 is 0 Å². The van der Waals surface area contributed by atoms with Gasteiger partial charge < -0.3 is 9.47 Å². The van der Waals surface area contributed by atoms with Crippen molar-refractivity contribution in [1.82, 2.24) is 0 Å². The molecule has 0 aliphatic heterocycles. The minimum Gasteiger partial charge on any atom is -0.495 e. The molecule has 0 N–H and O–H groups in total. The van der Waals surface area contributed by atoms with E-state index >= 15 is 0 Å². The molecule has 0 fully saturated rings. The van der Waals surface area contributed by atoms with E-state index in [4.69, 9.17) is 9.47 Å². The van der Waals surface area contributed by atoms with Crippen molar-refractivity contribution in [3.05, 3.63) is 59.7 Å². The van der Waals surface area contributed by atoms with Crippen molar-refractivity contribution in [2.75, 3.05) is 20.0 Å². The third-order valence-corrected chi connectivity index (χ3v) is 4.58. The summed E-state index contributed by atoms with van der Waals surface area (Å²) in [4.78, 5) is 12.4. The summed E-state index contributed by atoms with van der Waals surface area (Å²) >= 11 is 0. The average Bonchev–Trinajstić information content (AvgIpc) is 2.59. The molecule has 0 atom stereocenters. The summed E-state index contributed by atoms with van der Waals surface area (Å²) in [5, 5.41) is 0. The molecule has 2 aromatic carbocycles. The van der Waals surface area contributed by atoms with Crippen LogP contribution in [0.4, 0.5) is 0 Å². The average molecular weight is 360 g/mol. The zero-order valence-corrected chi connectivity index (χ0v) is 15.2. The van der Waals surface area contributed by atoms with Crippen molar-refractivity contribution >= 4 is 21.7 Å². The molecule has 0 bridgehead atoms. The van der Waals surface area contributed by atoms with Gasteiger partial charge in [-0.2, -0.15) is 0 Å². The Morgan fingerprint density at radius 2 is 1.92 bits per heavy atom. The molecule has 0 saturated heterocycles. The minimum absolute atomic E-state index is 0.0555. The maximum absolute atomic E-state index is 12.3. The molecule has 0 unspecified atom stereocenters. The third kappa shape index (κ3) is 4.93. The van der Waals surface area contributed by atoms with Gasteiger partial charge in [-0.25, -0.2) is 8.42 Å². The Labute approximate surface area is 147 Å². The van der Waals surface area contributed by atoms with Crippen LogP contribution in [0, 0.1) is 0 Å². The molecule has 132 valence electrons. The first-order chi connectivity index (χ1) is 11.8. The van der Waals surface area contributed by atoms with Gasteiger partial charge in [-0.1, -0.05) is 18.2 Å². The van der Waals surface area contributed by atoms with Crippen LogP contribution in [0.15, 0.2) is 53.4 Å². The van der Waals surface area contributed by atoms with Gasteiger partial charge in [-0.15, -0.1) is 0 Å². The maximum Gasteiger partial charge on any atom is 0.185 e. The maximum atomic E-state index is 12.3. The summed E-state index contributed by atoms with van der Waals surface area (Å²) in [7, 11) is -2.05. The number of hydrogen-bond donors (Lipinski definition) is 0. The smallest absolute Gasteiger partial charge is 0.185 e. The van der Waals surface area contributed by atoms with E-state index in [1.165, 1.54) is 31.4 Å². The van der Waals surface area contributed by atoms with Crippen molar-refractivity contribution in [3.63, 3.8) is 0 Å². The van der Waals surface area contributed by atoms with Gasteiger partial charge in [0.25, 0.3) is 0 Å². The Balaban J connectivity index is 2.25. The van der Waals surface area contributed by atoms with Crippen molar-refractivity contribution in [2.45, 2.75) is 11.8 Å². The Morgan fingerprint density at radius 1 is 1.16 bits per heavy atom. The quantitative estimate of drug-likeness (QED) is 0.559. The van der Waals surface area contributed by atoms with E-state index in [-0.39, 0.29) is 16.4 Å². The minimum atomic E-state index is -3.42. The van der Waals surface area contributed by atoms with Crippen LogP contribution in [0.3, 0.4) is 0 Å². The fourth-order valence-corrected chi connectivity index (χ4v) is 3.09. The van der Waals surface area contributed by atoms with Gasteiger partial charge >= 0.3 is 0 Å². The highest BCUT2D eigenvalue weighted by atomic mass is 32.2. The molecule has 0 amide bonds. The summed E-state index contributed by atoms with van der Waals surface area (Å²) in [5.74, 6) is 0.636. The first-order valence-corrected chi connectivity index (χ1v) is 9.57. The van der Waals surface area contributed by atoms with E-state index in [0.29, 0.717) is 12.2 Å². The molecular weight excluding hydrogens is 340 g/mol. The lowest BCUT2D eigenvalue weighted by atomic mass is 10.1. The van der Waals surface area contributed by atoms with E-state index in [0.717, 1.165) is 17.6 Å². The predicted molar refractivity (Wildman–Crippen MR) is 97.1 cm³/mol. The number of hydrogen-bond acceptors (Lipinski definition) is 5. The van der Waals surface area contributed by atoms with Crippen molar-refractivity contribution < 1.29 is 22.7 Å². The van der Waals surface area contributed by atoms with E-state index in [1.807, 2.05) is 31.2 Å². The fourth-order valence-electron chi connectivity index (χ4n) is 2.27. The number of methoxy groups -OCH3 is 1. The zero-order valence-electron chi connectivity index (χ0n) is 14.4. The predicted octanol–water partition coefficient (Wildman–Crippen LogP) is 3.39. The van der Waals surface area contributed by atoms with E-state index < -0.39 is 9.84 Å². The van der Waals surface area contributed by atoms with Crippen molar-refractivity contribution in [3.8, 4) is 11.5 Å². The third-order valence-electron chi connectivity index (χ3n) is 3.44. The van der Waals surface area contributed by atoms with Crippen LogP contribution < -0.4 is 9.47 Å². The van der Waals surface area contributed by atoms with Crippen LogP contribution in [-0.4, -0.2) is 34.2 Å². The van der Waals surface area contributed by atoms with Crippen LogP contribution in [-0.2, 0) is 9.84 Å². The Hall–Kier alpha value is -2.60. The molecule has 6 heteroatoms. The monoisotopic (exact) mass is 360 g/mol. The zero-order chi connectivity index (χ0) is 18.4. The standard InChI is InChI=1S/C19H20O5S/c1-4-24-16-7-5-6-14(12-16)8-10-17(20)15-9-11-19(25(3,21)22)18(13-15)23-2/h5-13H,4H2,1-3H3/b10-8+. The van der Waals surface area contributed by atoms with Crippen LogP contribution in [0.2, 0.25) is 0 Å². The Kier molecular flexibility index (Phi) is 5.98. The topological polar surface area (TPSA) is 69.7 Å². The molecule has 5 nitrogen and oxygen atoms in total. The molecule has 0 saturated carbocycles. The summed E-state index contributed by atoms with van der Waals surface area (Å²) < 4.78 is 33.9. The first kappa shape index (κ1) is 18.7. The SMILES string of the molecule is CCOc1cccc(/C=C/C(=O)c2ccc(S(C)(=O)=O)c(OC)c2)c1. The second-order valence-corrected chi connectivity index (χ2v) is 7.33. The molecule has 0 aliphatic rings. The first-order valence-electron chi connectivity index (χ1n) is 7.68. The lowest BCUT2D eigenvalue weighted by Crippen LogP contribution is -2.03. The van der Waals surface area contributed by atoms with E-state index in [9.17, 15) is 13.2 Å². The van der Waals surface area contributed by atoms with Crippen LogP contribution in [0.1, 0.15) is 22.8 Å². The van der Waals surface area contributed by atoms with Crippen LogP contribution in [0.5, 0.6) is 11.5 Å². The molecule has 0 heterocycles. The number of benzene rings is 2. The number of carbonyl (C=O) groups excluding carboxylic acids is 1. The highest BCUT2D eigenvalue weighted by Gasteiger charge is 2.16. The number of carbonyl (C=O) groups is 1. The molecule has 0 aliphatic carbocycles. The van der Waals surface area contributed by atoms with E-state index in [2.05, 4.69) is 0 Å². The van der Waals surface area contributed by atoms with Crippen LogP contribution in [0.25, 0.3) is 6.08 Å². The second-order valence-electron chi connectivity index (χ2n) is 5.34. The van der Waals surface area contributed by atoms with Crippen molar-refractivity contribution in [2.24, 2.45) is 0 Å². The molecule has 0 radical (unpaired) electrons. The molecule has 0 spiro atoms. The van der Waals surface area contributed by atoms with Crippen molar-refractivity contribution in [1.29, 1.82) is 0 Å². The number of allylic oxidation sites excluding steroid dienone is 1. The van der Waals surface area contributed by atoms with Gasteiger partial charge in [-0.3, -0.25) is 4.79 Å². The molecular formula is C19H20O5S. The lowest BCUT2D eigenvalue weighted by Gasteiger charge is -2.08. The van der Waals surface area contributed by atoms with Gasteiger partial charge in [0.05, 0.1) is 13.7 Å². The van der Waals surface area contributed by atoms with Gasteiger partial charge in [0.1, 0.15) is 16.4 Å². The number of sulfone groups is 1. The highest BCUT2D eigenvalue weighted by molar-refractivity contribution is 7.90. The van der Waals surface area contributed by atoms with Gasteiger partial charge in [0, 0.05) is 11.8 Å². The van der Waals surface area contributed by atoms with Gasteiger partial charge in [0.15, 0.2) is 15.6 Å². The van der Waals surface area contributed by atoms with Gasteiger partial charge in [0.2, 0.25) is 0 Å². The largest absolute Gasteiger partial charge is 0.495 e. The summed E-state index contributed by atoms with van der Waals surface area (Å²) in [6.45, 7) is 2.47.